The SMILES string of the molecule is Cc1cc(C2(c3ccc(OCCO)c(C)c3)CC2)ccc1OCCO. The quantitative estimate of drug-likeness (QED) is 0.774. The van der Waals surface area contributed by atoms with Gasteiger partial charge in [-0.05, 0) is 61.1 Å². The minimum atomic E-state index is 0.0229. The maximum Gasteiger partial charge on any atom is 0.122 e. The average molecular weight is 342 g/mol. The van der Waals surface area contributed by atoms with Gasteiger partial charge in [0, 0.05) is 5.41 Å². The van der Waals surface area contributed by atoms with E-state index in [2.05, 4.69) is 24.3 Å². The Morgan fingerprint density at radius 1 is 0.800 bits per heavy atom. The summed E-state index contributed by atoms with van der Waals surface area (Å²) in [6.45, 7) is 4.77. The second-order valence-electron chi connectivity index (χ2n) is 6.69. The van der Waals surface area contributed by atoms with Crippen LogP contribution >= 0.6 is 0 Å². The Kier molecular flexibility index (Phi) is 5.30. The van der Waals surface area contributed by atoms with E-state index in [9.17, 15) is 0 Å². The molecule has 0 heterocycles. The van der Waals surface area contributed by atoms with Crippen molar-refractivity contribution in [3.05, 3.63) is 58.7 Å². The predicted octanol–water partition coefficient (Wildman–Crippen LogP) is 3.13. The molecule has 2 aromatic carbocycles. The Morgan fingerprint density at radius 3 is 1.56 bits per heavy atom. The van der Waals surface area contributed by atoms with Crippen LogP contribution in [0, 0.1) is 13.8 Å². The van der Waals surface area contributed by atoms with Crippen molar-refractivity contribution in [2.75, 3.05) is 26.4 Å². The summed E-state index contributed by atoms with van der Waals surface area (Å²) in [6.07, 6.45) is 2.28. The number of rotatable bonds is 8. The van der Waals surface area contributed by atoms with Gasteiger partial charge in [0.1, 0.15) is 24.7 Å². The van der Waals surface area contributed by atoms with Gasteiger partial charge >= 0.3 is 0 Å². The van der Waals surface area contributed by atoms with Crippen molar-refractivity contribution < 1.29 is 19.7 Å². The first-order valence-electron chi connectivity index (χ1n) is 8.80. The van der Waals surface area contributed by atoms with Crippen LogP contribution in [0.1, 0.15) is 35.1 Å². The molecule has 1 aliphatic rings. The number of hydrogen-bond acceptors (Lipinski definition) is 4. The van der Waals surface area contributed by atoms with Gasteiger partial charge in [-0.25, -0.2) is 0 Å². The molecule has 4 heteroatoms. The van der Waals surface area contributed by atoms with Crippen molar-refractivity contribution in [3.63, 3.8) is 0 Å². The van der Waals surface area contributed by atoms with Crippen molar-refractivity contribution in [1.29, 1.82) is 0 Å². The summed E-state index contributed by atoms with van der Waals surface area (Å²) in [5.74, 6) is 1.66. The van der Waals surface area contributed by atoms with E-state index in [4.69, 9.17) is 19.7 Å². The lowest BCUT2D eigenvalue weighted by Crippen LogP contribution is -2.11. The third kappa shape index (κ3) is 3.65. The van der Waals surface area contributed by atoms with Crippen LogP contribution in [-0.4, -0.2) is 36.6 Å². The molecule has 0 radical (unpaired) electrons. The molecule has 1 fully saturated rings. The molecule has 0 saturated heterocycles. The first kappa shape index (κ1) is 17.8. The minimum Gasteiger partial charge on any atom is -0.491 e. The Labute approximate surface area is 149 Å². The normalized spacial score (nSPS) is 15.0. The molecule has 134 valence electrons. The van der Waals surface area contributed by atoms with E-state index >= 15 is 0 Å². The maximum absolute atomic E-state index is 8.91. The third-order valence-electron chi connectivity index (χ3n) is 4.90. The molecule has 0 aromatic heterocycles. The van der Waals surface area contributed by atoms with Crippen molar-refractivity contribution in [3.8, 4) is 11.5 Å². The van der Waals surface area contributed by atoms with Crippen molar-refractivity contribution in [2.45, 2.75) is 32.1 Å². The number of aryl methyl sites for hydroxylation is 2. The summed E-state index contributed by atoms with van der Waals surface area (Å²) >= 11 is 0. The lowest BCUT2D eigenvalue weighted by molar-refractivity contribution is 0.200. The lowest BCUT2D eigenvalue weighted by Gasteiger charge is -2.20. The fourth-order valence-electron chi connectivity index (χ4n) is 3.40. The maximum atomic E-state index is 8.91. The average Bonchev–Trinajstić information content (AvgIpc) is 3.41. The third-order valence-corrected chi connectivity index (χ3v) is 4.90. The number of benzene rings is 2. The van der Waals surface area contributed by atoms with Crippen LogP contribution in [0.5, 0.6) is 11.5 Å². The van der Waals surface area contributed by atoms with Crippen molar-refractivity contribution >= 4 is 0 Å². The van der Waals surface area contributed by atoms with Gasteiger partial charge in [0.15, 0.2) is 0 Å². The first-order valence-corrected chi connectivity index (χ1v) is 8.80. The molecule has 1 aliphatic carbocycles. The Bertz CT molecular complexity index is 675. The van der Waals surface area contributed by atoms with Gasteiger partial charge in [-0.1, -0.05) is 24.3 Å². The molecule has 0 spiro atoms. The zero-order chi connectivity index (χ0) is 17.9. The molecule has 2 N–H and O–H groups in total. The van der Waals surface area contributed by atoms with Crippen LogP contribution in [0.15, 0.2) is 36.4 Å². The number of hydrogen-bond donors (Lipinski definition) is 2. The summed E-state index contributed by atoms with van der Waals surface area (Å²) in [5, 5.41) is 17.8. The molecule has 2 aromatic rings. The van der Waals surface area contributed by atoms with Crippen LogP contribution in [0.4, 0.5) is 0 Å². The van der Waals surface area contributed by atoms with E-state index in [1.54, 1.807) is 0 Å². The van der Waals surface area contributed by atoms with E-state index in [0.717, 1.165) is 35.5 Å². The monoisotopic (exact) mass is 342 g/mol. The van der Waals surface area contributed by atoms with Crippen LogP contribution in [-0.2, 0) is 5.41 Å². The fraction of sp³-hybridized carbons (Fsp3) is 0.429. The fourth-order valence-corrected chi connectivity index (χ4v) is 3.40. The lowest BCUT2D eigenvalue weighted by atomic mass is 9.86. The molecular formula is C21H26O4. The molecule has 1 saturated carbocycles. The van der Waals surface area contributed by atoms with E-state index < -0.39 is 0 Å². The molecule has 0 unspecified atom stereocenters. The summed E-state index contributed by atoms with van der Waals surface area (Å²) in [7, 11) is 0. The molecule has 0 aliphatic heterocycles. The second kappa shape index (κ2) is 7.46. The molecular weight excluding hydrogens is 316 g/mol. The van der Waals surface area contributed by atoms with E-state index in [0.29, 0.717) is 13.2 Å². The highest BCUT2D eigenvalue weighted by Crippen LogP contribution is 2.54. The standard InChI is InChI=1S/C21H26O4/c1-15-13-17(3-5-19(15)24-11-9-22)21(7-8-21)18-4-6-20(16(2)14-18)25-12-10-23/h3-6,13-14,22-23H,7-12H2,1-2H3. The van der Waals surface area contributed by atoms with E-state index in [1.807, 2.05) is 26.0 Å². The minimum absolute atomic E-state index is 0.0229. The van der Waals surface area contributed by atoms with Crippen molar-refractivity contribution in [1.82, 2.24) is 0 Å². The topological polar surface area (TPSA) is 58.9 Å². The second-order valence-corrected chi connectivity index (χ2v) is 6.69. The predicted molar refractivity (Wildman–Crippen MR) is 97.5 cm³/mol. The van der Waals surface area contributed by atoms with Crippen molar-refractivity contribution in [2.24, 2.45) is 0 Å². The zero-order valence-electron chi connectivity index (χ0n) is 14.9. The molecule has 25 heavy (non-hydrogen) atoms. The van der Waals surface area contributed by atoms with Gasteiger partial charge in [-0.2, -0.15) is 0 Å². The summed E-state index contributed by atoms with van der Waals surface area (Å²) in [6, 6.07) is 12.7. The summed E-state index contributed by atoms with van der Waals surface area (Å²) in [5.41, 5.74) is 4.89. The largest absolute Gasteiger partial charge is 0.491 e. The highest BCUT2D eigenvalue weighted by Gasteiger charge is 2.46. The molecule has 0 amide bonds. The number of ether oxygens (including phenoxy) is 2. The van der Waals surface area contributed by atoms with Gasteiger partial charge < -0.3 is 19.7 Å². The van der Waals surface area contributed by atoms with Gasteiger partial charge in [0.25, 0.3) is 0 Å². The molecule has 0 atom stereocenters. The van der Waals surface area contributed by atoms with Gasteiger partial charge in [-0.3, -0.25) is 0 Å². The zero-order valence-corrected chi connectivity index (χ0v) is 14.9. The number of aliphatic hydroxyl groups is 2. The van der Waals surface area contributed by atoms with Crippen LogP contribution in [0.25, 0.3) is 0 Å². The van der Waals surface area contributed by atoms with Gasteiger partial charge in [0.05, 0.1) is 13.2 Å². The van der Waals surface area contributed by atoms with Crippen LogP contribution in [0.2, 0.25) is 0 Å². The van der Waals surface area contributed by atoms with Gasteiger partial charge in [0.2, 0.25) is 0 Å². The van der Waals surface area contributed by atoms with Gasteiger partial charge in [-0.15, -0.1) is 0 Å². The Hall–Kier alpha value is -2.04. The molecule has 4 nitrogen and oxygen atoms in total. The number of aliphatic hydroxyl groups excluding tert-OH is 2. The summed E-state index contributed by atoms with van der Waals surface area (Å²) < 4.78 is 11.1. The summed E-state index contributed by atoms with van der Waals surface area (Å²) in [4.78, 5) is 0. The Balaban J connectivity index is 1.85. The smallest absolute Gasteiger partial charge is 0.122 e. The highest BCUT2D eigenvalue weighted by atomic mass is 16.5. The van der Waals surface area contributed by atoms with E-state index in [1.165, 1.54) is 11.1 Å². The Morgan fingerprint density at radius 2 is 1.24 bits per heavy atom. The van der Waals surface area contributed by atoms with E-state index in [-0.39, 0.29) is 18.6 Å². The van der Waals surface area contributed by atoms with Crippen LogP contribution < -0.4 is 9.47 Å². The molecule has 3 rings (SSSR count). The highest BCUT2D eigenvalue weighted by molar-refractivity contribution is 5.51. The molecule has 0 bridgehead atoms. The van der Waals surface area contributed by atoms with Crippen LogP contribution in [0.3, 0.4) is 0 Å². The first-order chi connectivity index (χ1) is 12.1.